The van der Waals surface area contributed by atoms with Crippen molar-refractivity contribution in [3.63, 3.8) is 0 Å². The minimum Gasteiger partial charge on any atom is -0.321 e. The van der Waals surface area contributed by atoms with Crippen LogP contribution in [0.15, 0.2) is 53.7 Å². The second kappa shape index (κ2) is 7.89. The lowest BCUT2D eigenvalue weighted by atomic mass is 10.0. The van der Waals surface area contributed by atoms with E-state index in [1.54, 1.807) is 48.5 Å². The Morgan fingerprint density at radius 1 is 1.14 bits per heavy atom. The van der Waals surface area contributed by atoms with Crippen LogP contribution in [0.25, 0.3) is 11.1 Å². The van der Waals surface area contributed by atoms with Gasteiger partial charge < -0.3 is 5.32 Å². The van der Waals surface area contributed by atoms with E-state index in [1.165, 1.54) is 6.92 Å². The highest BCUT2D eigenvalue weighted by Gasteiger charge is 2.39. The summed E-state index contributed by atoms with van der Waals surface area (Å²) in [4.78, 5) is 25.9. The molecule has 1 aromatic heterocycles. The van der Waals surface area contributed by atoms with Gasteiger partial charge in [0.15, 0.2) is 5.69 Å². The number of nitrogens with one attached hydrogen (secondary N) is 1. The minimum absolute atomic E-state index is 0.0452. The summed E-state index contributed by atoms with van der Waals surface area (Å²) in [5, 5.41) is 5.54. The number of carbonyl (C=O) groups excluding carboxylic acids is 1. The first-order valence-electron chi connectivity index (χ1n) is 8.13. The molecular formula is C19H14F3N3O2S. The molecule has 3 rings (SSSR count). The Labute approximate surface area is 162 Å². The number of thiazole rings is 1. The Hall–Kier alpha value is -3.07. The minimum atomic E-state index is -4.71. The monoisotopic (exact) mass is 405 g/mol. The lowest BCUT2D eigenvalue weighted by Gasteiger charge is -2.12. The van der Waals surface area contributed by atoms with E-state index < -0.39 is 22.7 Å². The fourth-order valence-corrected chi connectivity index (χ4v) is 3.49. The van der Waals surface area contributed by atoms with Gasteiger partial charge in [0.05, 0.1) is 5.01 Å². The summed E-state index contributed by atoms with van der Waals surface area (Å²) in [7, 11) is 0. The van der Waals surface area contributed by atoms with E-state index in [1.807, 2.05) is 0 Å². The van der Waals surface area contributed by atoms with E-state index in [4.69, 9.17) is 0 Å². The molecule has 0 aliphatic heterocycles. The Bertz CT molecular complexity index is 1010. The van der Waals surface area contributed by atoms with Gasteiger partial charge in [-0.1, -0.05) is 47.6 Å². The van der Waals surface area contributed by atoms with Crippen molar-refractivity contribution >= 4 is 22.9 Å². The van der Waals surface area contributed by atoms with Gasteiger partial charge in [-0.05, 0) is 24.1 Å². The molecule has 2 aromatic carbocycles. The van der Waals surface area contributed by atoms with Gasteiger partial charge in [-0.15, -0.1) is 11.3 Å². The Balaban J connectivity index is 1.92. The summed E-state index contributed by atoms with van der Waals surface area (Å²) in [6.45, 7) is 1.46. The average Bonchev–Trinajstić information content (AvgIpc) is 3.06. The summed E-state index contributed by atoms with van der Waals surface area (Å²) >= 11 is 0.695. The maximum Gasteiger partial charge on any atom is 0.435 e. The predicted octanol–water partition coefficient (Wildman–Crippen LogP) is 5.66. The summed E-state index contributed by atoms with van der Waals surface area (Å²) in [5.74, 6) is -0.868. The highest BCUT2D eigenvalue weighted by molar-refractivity contribution is 7.13. The number of hydrogen-bond acceptors (Lipinski definition) is 5. The largest absolute Gasteiger partial charge is 0.435 e. The van der Waals surface area contributed by atoms with Crippen molar-refractivity contribution in [2.45, 2.75) is 19.6 Å². The summed E-state index contributed by atoms with van der Waals surface area (Å²) in [5.41, 5.74) is 1.29. The second-order valence-corrected chi connectivity index (χ2v) is 7.10. The van der Waals surface area contributed by atoms with Crippen molar-refractivity contribution in [2.24, 2.45) is 5.18 Å². The quantitative estimate of drug-likeness (QED) is 0.557. The van der Waals surface area contributed by atoms with Crippen LogP contribution >= 0.6 is 11.3 Å². The Morgan fingerprint density at radius 2 is 1.82 bits per heavy atom. The van der Waals surface area contributed by atoms with E-state index in [-0.39, 0.29) is 11.6 Å². The number of aryl methyl sites for hydroxylation is 1. The van der Waals surface area contributed by atoms with Gasteiger partial charge >= 0.3 is 6.18 Å². The fourth-order valence-electron chi connectivity index (χ4n) is 2.66. The maximum atomic E-state index is 13.1. The third kappa shape index (κ3) is 4.25. The lowest BCUT2D eigenvalue weighted by Crippen LogP contribution is -2.17. The molecule has 1 amide bonds. The van der Waals surface area contributed by atoms with E-state index >= 15 is 0 Å². The zero-order chi connectivity index (χ0) is 20.3. The summed E-state index contributed by atoms with van der Waals surface area (Å²) in [6, 6.07) is 13.7. The van der Waals surface area contributed by atoms with Gasteiger partial charge in [-0.2, -0.15) is 18.1 Å². The molecule has 1 heterocycles. The molecule has 0 aliphatic rings. The normalized spacial score (nSPS) is 11.3. The fraction of sp³-hybridized carbons (Fsp3) is 0.158. The smallest absolute Gasteiger partial charge is 0.321 e. The number of nitrogens with zero attached hydrogens (tertiary/aromatic N) is 2. The Kier molecular flexibility index (Phi) is 5.55. The van der Waals surface area contributed by atoms with Crippen LogP contribution < -0.4 is 5.32 Å². The molecule has 0 radical (unpaired) electrons. The number of anilines is 1. The zero-order valence-electron chi connectivity index (χ0n) is 14.6. The highest BCUT2D eigenvalue weighted by Crippen LogP contribution is 2.35. The molecule has 9 heteroatoms. The van der Waals surface area contributed by atoms with Crippen LogP contribution in [-0.2, 0) is 12.7 Å². The molecule has 0 fully saturated rings. The van der Waals surface area contributed by atoms with Crippen molar-refractivity contribution < 1.29 is 18.0 Å². The molecule has 1 N–H and O–H groups in total. The van der Waals surface area contributed by atoms with Gasteiger partial charge in [-0.25, -0.2) is 4.98 Å². The van der Waals surface area contributed by atoms with Gasteiger partial charge in [0.25, 0.3) is 5.91 Å². The van der Waals surface area contributed by atoms with Crippen LogP contribution in [0.5, 0.6) is 0 Å². The Morgan fingerprint density at radius 3 is 2.46 bits per heavy atom. The molecule has 0 unspecified atom stereocenters. The molecule has 144 valence electrons. The van der Waals surface area contributed by atoms with Gasteiger partial charge in [0.2, 0.25) is 0 Å². The third-order valence-corrected chi connectivity index (χ3v) is 4.87. The predicted molar refractivity (Wildman–Crippen MR) is 101 cm³/mol. The van der Waals surface area contributed by atoms with Gasteiger partial charge in [0.1, 0.15) is 11.4 Å². The van der Waals surface area contributed by atoms with Crippen LogP contribution in [0.2, 0.25) is 0 Å². The molecule has 0 atom stereocenters. The van der Waals surface area contributed by atoms with Crippen LogP contribution in [0.1, 0.15) is 25.9 Å². The summed E-state index contributed by atoms with van der Waals surface area (Å²) < 4.78 is 39.4. The third-order valence-electron chi connectivity index (χ3n) is 3.90. The van der Waals surface area contributed by atoms with Gasteiger partial charge in [-0.3, -0.25) is 4.79 Å². The first-order valence-corrected chi connectivity index (χ1v) is 8.94. The SMILES string of the molecule is Cc1nc(C(F)(F)F)c(C(=O)Nc2ccccc2-c2ccc(CN=O)cc2)s1. The number of amides is 1. The number of nitroso groups, excluding NO2 is 1. The standard InChI is InChI=1S/C19H14F3N3O2S/c1-11-24-17(19(20,21)22)16(28-11)18(26)25-15-5-3-2-4-14(15)13-8-6-12(7-9-13)10-23-27/h2-9H,10H2,1H3,(H,25,26). The van der Waals surface area contributed by atoms with Crippen LogP contribution in [-0.4, -0.2) is 10.9 Å². The second-order valence-electron chi connectivity index (χ2n) is 5.89. The number of alkyl halides is 3. The van der Waals surface area contributed by atoms with Crippen molar-refractivity contribution in [3.05, 3.63) is 74.6 Å². The zero-order valence-corrected chi connectivity index (χ0v) is 15.4. The van der Waals surface area contributed by atoms with Crippen LogP contribution in [0, 0.1) is 11.8 Å². The molecule has 0 saturated heterocycles. The number of carbonyl (C=O) groups is 1. The van der Waals surface area contributed by atoms with Crippen molar-refractivity contribution in [1.29, 1.82) is 0 Å². The molecular weight excluding hydrogens is 391 g/mol. The van der Waals surface area contributed by atoms with Crippen molar-refractivity contribution in [1.82, 2.24) is 4.98 Å². The van der Waals surface area contributed by atoms with E-state index in [2.05, 4.69) is 15.5 Å². The number of para-hydroxylation sites is 1. The number of benzene rings is 2. The lowest BCUT2D eigenvalue weighted by molar-refractivity contribution is -0.141. The number of aromatic nitrogens is 1. The maximum absolute atomic E-state index is 13.1. The molecule has 0 saturated carbocycles. The first kappa shape index (κ1) is 19.7. The average molecular weight is 405 g/mol. The molecule has 3 aromatic rings. The van der Waals surface area contributed by atoms with E-state index in [9.17, 15) is 22.9 Å². The molecule has 5 nitrogen and oxygen atoms in total. The van der Waals surface area contributed by atoms with Crippen LogP contribution in [0.4, 0.5) is 18.9 Å². The van der Waals surface area contributed by atoms with Crippen LogP contribution in [0.3, 0.4) is 0 Å². The van der Waals surface area contributed by atoms with E-state index in [0.717, 1.165) is 11.1 Å². The van der Waals surface area contributed by atoms with E-state index in [0.29, 0.717) is 22.6 Å². The number of hydrogen-bond donors (Lipinski definition) is 1. The molecule has 0 aliphatic carbocycles. The molecule has 28 heavy (non-hydrogen) atoms. The molecule has 0 spiro atoms. The first-order chi connectivity index (χ1) is 13.3. The number of halogens is 3. The topological polar surface area (TPSA) is 71.4 Å². The molecule has 0 bridgehead atoms. The van der Waals surface area contributed by atoms with Gasteiger partial charge in [0, 0.05) is 11.3 Å². The number of rotatable bonds is 5. The van der Waals surface area contributed by atoms with Crippen molar-refractivity contribution in [3.8, 4) is 11.1 Å². The highest BCUT2D eigenvalue weighted by atomic mass is 32.1. The van der Waals surface area contributed by atoms with Crippen molar-refractivity contribution in [2.75, 3.05) is 5.32 Å². The summed E-state index contributed by atoms with van der Waals surface area (Å²) in [6.07, 6.45) is -4.71.